The molecule has 0 bridgehead atoms. The first-order chi connectivity index (χ1) is 12.0. The smallest absolute Gasteiger partial charge is 0.330 e. The predicted octanol–water partition coefficient (Wildman–Crippen LogP) is 3.36. The quantitative estimate of drug-likeness (QED) is 0.449. The number of nitrogens with zero attached hydrogens (tertiary/aromatic N) is 1. The standard InChI is InChI=1S/C19H14BrNO4/c1-25-17(22)8-6-12-5-7-16-15(10-12)18(23)19(24)21(16)11-13-3-2-4-14(20)9-13/h2-10H,11H2,1H3/b8-6+. The van der Waals surface area contributed by atoms with Crippen LogP contribution in [0, 0.1) is 0 Å². The molecule has 0 atom stereocenters. The second-order valence-electron chi connectivity index (χ2n) is 5.48. The largest absolute Gasteiger partial charge is 0.466 e. The van der Waals surface area contributed by atoms with Crippen LogP contribution in [0.15, 0.2) is 53.0 Å². The number of ketones is 1. The Balaban J connectivity index is 1.91. The molecule has 0 aromatic heterocycles. The number of methoxy groups -OCH3 is 1. The van der Waals surface area contributed by atoms with Gasteiger partial charge in [-0.25, -0.2) is 4.79 Å². The number of ether oxygens (including phenoxy) is 1. The summed E-state index contributed by atoms with van der Waals surface area (Å²) in [7, 11) is 1.29. The summed E-state index contributed by atoms with van der Waals surface area (Å²) in [6.45, 7) is 0.314. The zero-order chi connectivity index (χ0) is 18.0. The van der Waals surface area contributed by atoms with E-state index in [9.17, 15) is 14.4 Å². The van der Waals surface area contributed by atoms with Gasteiger partial charge in [-0.15, -0.1) is 0 Å². The average molecular weight is 400 g/mol. The Bertz CT molecular complexity index is 904. The topological polar surface area (TPSA) is 63.7 Å². The Kier molecular flexibility index (Phi) is 4.81. The van der Waals surface area contributed by atoms with Crippen LogP contribution in [0.1, 0.15) is 21.5 Å². The Labute approximate surface area is 153 Å². The van der Waals surface area contributed by atoms with Gasteiger partial charge in [-0.1, -0.05) is 34.1 Å². The van der Waals surface area contributed by atoms with Crippen LogP contribution in [0.2, 0.25) is 0 Å². The molecule has 0 N–H and O–H groups in total. The molecule has 1 aliphatic rings. The van der Waals surface area contributed by atoms with Crippen LogP contribution < -0.4 is 4.90 Å². The van der Waals surface area contributed by atoms with Gasteiger partial charge in [0, 0.05) is 10.5 Å². The van der Waals surface area contributed by atoms with Gasteiger partial charge in [-0.3, -0.25) is 9.59 Å². The summed E-state index contributed by atoms with van der Waals surface area (Å²) in [5, 5.41) is 0. The fourth-order valence-corrected chi connectivity index (χ4v) is 3.08. The minimum Gasteiger partial charge on any atom is -0.466 e. The maximum Gasteiger partial charge on any atom is 0.330 e. The van der Waals surface area contributed by atoms with Crippen LogP contribution in [-0.2, 0) is 20.9 Å². The van der Waals surface area contributed by atoms with Gasteiger partial charge < -0.3 is 9.64 Å². The summed E-state index contributed by atoms with van der Waals surface area (Å²) in [5.74, 6) is -1.58. The van der Waals surface area contributed by atoms with Crippen LogP contribution in [0.25, 0.3) is 6.08 Å². The molecular weight excluding hydrogens is 386 g/mol. The number of amides is 1. The Hall–Kier alpha value is -2.73. The summed E-state index contributed by atoms with van der Waals surface area (Å²) in [4.78, 5) is 37.3. The fourth-order valence-electron chi connectivity index (χ4n) is 2.63. The van der Waals surface area contributed by atoms with Crippen molar-refractivity contribution in [3.63, 3.8) is 0 Å². The van der Waals surface area contributed by atoms with E-state index in [1.165, 1.54) is 18.1 Å². The van der Waals surface area contributed by atoms with Crippen molar-refractivity contribution < 1.29 is 19.1 Å². The maximum absolute atomic E-state index is 12.3. The molecule has 2 aromatic rings. The summed E-state index contributed by atoms with van der Waals surface area (Å²) < 4.78 is 5.45. The molecule has 0 aliphatic carbocycles. The van der Waals surface area contributed by atoms with E-state index in [0.29, 0.717) is 23.4 Å². The van der Waals surface area contributed by atoms with Crippen molar-refractivity contribution in [2.45, 2.75) is 6.54 Å². The highest BCUT2D eigenvalue weighted by Gasteiger charge is 2.35. The highest BCUT2D eigenvalue weighted by molar-refractivity contribution is 9.10. The van der Waals surface area contributed by atoms with Crippen molar-refractivity contribution in [2.75, 3.05) is 12.0 Å². The van der Waals surface area contributed by atoms with Gasteiger partial charge in [-0.2, -0.15) is 0 Å². The number of carbonyl (C=O) groups is 3. The van der Waals surface area contributed by atoms with Gasteiger partial charge in [-0.05, 0) is 41.5 Å². The van der Waals surface area contributed by atoms with Crippen molar-refractivity contribution in [1.82, 2.24) is 0 Å². The number of hydrogen-bond donors (Lipinski definition) is 0. The van der Waals surface area contributed by atoms with Crippen molar-refractivity contribution in [2.24, 2.45) is 0 Å². The molecule has 3 rings (SSSR count). The maximum atomic E-state index is 12.3. The monoisotopic (exact) mass is 399 g/mol. The Morgan fingerprint density at radius 2 is 2.00 bits per heavy atom. The number of rotatable bonds is 4. The number of halogens is 1. The molecule has 0 saturated carbocycles. The summed E-state index contributed by atoms with van der Waals surface area (Å²) >= 11 is 3.40. The van der Waals surface area contributed by atoms with Gasteiger partial charge in [0.15, 0.2) is 0 Å². The Morgan fingerprint density at radius 3 is 2.72 bits per heavy atom. The number of fused-ring (bicyclic) bond motifs is 1. The third kappa shape index (κ3) is 3.53. The van der Waals surface area contributed by atoms with E-state index >= 15 is 0 Å². The minimum atomic E-state index is -0.552. The molecule has 5 nitrogen and oxygen atoms in total. The van der Waals surface area contributed by atoms with Crippen LogP contribution in [-0.4, -0.2) is 24.8 Å². The minimum absolute atomic E-state index is 0.314. The lowest BCUT2D eigenvalue weighted by molar-refractivity contribution is -0.134. The summed E-state index contributed by atoms with van der Waals surface area (Å²) in [5.41, 5.74) is 2.48. The molecule has 1 heterocycles. The lowest BCUT2D eigenvalue weighted by atomic mass is 10.1. The van der Waals surface area contributed by atoms with Gasteiger partial charge in [0.25, 0.3) is 11.7 Å². The van der Waals surface area contributed by atoms with Gasteiger partial charge >= 0.3 is 5.97 Å². The lowest BCUT2D eigenvalue weighted by Gasteiger charge is -2.16. The first kappa shape index (κ1) is 17.1. The van der Waals surface area contributed by atoms with E-state index in [1.807, 2.05) is 24.3 Å². The summed E-state index contributed by atoms with van der Waals surface area (Å²) in [6.07, 6.45) is 2.81. The number of carbonyl (C=O) groups excluding carboxylic acids is 3. The molecule has 25 heavy (non-hydrogen) atoms. The van der Waals surface area contributed by atoms with Crippen LogP contribution >= 0.6 is 15.9 Å². The molecular formula is C19H14BrNO4. The van der Waals surface area contributed by atoms with Gasteiger partial charge in [0.2, 0.25) is 0 Å². The molecule has 126 valence electrons. The van der Waals surface area contributed by atoms with E-state index in [4.69, 9.17) is 0 Å². The van der Waals surface area contributed by atoms with Gasteiger partial charge in [0.05, 0.1) is 24.9 Å². The molecule has 0 spiro atoms. The van der Waals surface area contributed by atoms with E-state index in [0.717, 1.165) is 10.0 Å². The van der Waals surface area contributed by atoms with Crippen LogP contribution in [0.3, 0.4) is 0 Å². The molecule has 2 aromatic carbocycles. The number of esters is 1. The predicted molar refractivity (Wildman–Crippen MR) is 97.2 cm³/mol. The van der Waals surface area contributed by atoms with Crippen LogP contribution in [0.5, 0.6) is 0 Å². The Morgan fingerprint density at radius 1 is 1.20 bits per heavy atom. The van der Waals surface area contributed by atoms with Crippen LogP contribution in [0.4, 0.5) is 5.69 Å². The third-order valence-corrected chi connectivity index (χ3v) is 4.33. The van der Waals surface area contributed by atoms with E-state index in [-0.39, 0.29) is 0 Å². The molecule has 6 heteroatoms. The average Bonchev–Trinajstić information content (AvgIpc) is 2.84. The number of Topliss-reactive ketones (excluding diaryl/α,β-unsaturated/α-hetero) is 1. The molecule has 0 unspecified atom stereocenters. The van der Waals surface area contributed by atoms with E-state index in [2.05, 4.69) is 20.7 Å². The second kappa shape index (κ2) is 7.03. The van der Waals surface area contributed by atoms with Crippen molar-refractivity contribution in [3.8, 4) is 0 Å². The third-order valence-electron chi connectivity index (χ3n) is 3.84. The van der Waals surface area contributed by atoms with E-state index < -0.39 is 17.7 Å². The molecule has 1 amide bonds. The second-order valence-corrected chi connectivity index (χ2v) is 6.40. The highest BCUT2D eigenvalue weighted by Crippen LogP contribution is 2.31. The zero-order valence-electron chi connectivity index (χ0n) is 13.4. The lowest BCUT2D eigenvalue weighted by Crippen LogP contribution is -2.29. The first-order valence-electron chi connectivity index (χ1n) is 7.50. The summed E-state index contributed by atoms with van der Waals surface area (Å²) in [6, 6.07) is 12.6. The SMILES string of the molecule is COC(=O)/C=C/c1ccc2c(c1)C(=O)C(=O)N2Cc1cccc(Br)c1. The normalized spacial score (nSPS) is 13.4. The zero-order valence-corrected chi connectivity index (χ0v) is 14.9. The fraction of sp³-hybridized carbons (Fsp3) is 0.105. The first-order valence-corrected chi connectivity index (χ1v) is 8.29. The molecule has 0 radical (unpaired) electrons. The number of hydrogen-bond acceptors (Lipinski definition) is 4. The van der Waals surface area contributed by atoms with Gasteiger partial charge in [0.1, 0.15) is 0 Å². The molecule has 0 saturated heterocycles. The van der Waals surface area contributed by atoms with Crippen molar-refractivity contribution in [1.29, 1.82) is 0 Å². The molecule has 0 fully saturated rings. The van der Waals surface area contributed by atoms with E-state index in [1.54, 1.807) is 24.3 Å². The highest BCUT2D eigenvalue weighted by atomic mass is 79.9. The van der Waals surface area contributed by atoms with Crippen molar-refractivity contribution in [3.05, 3.63) is 69.7 Å². The molecule has 1 aliphatic heterocycles. The number of anilines is 1. The number of benzene rings is 2. The van der Waals surface area contributed by atoms with Crippen molar-refractivity contribution >= 4 is 45.4 Å².